The first kappa shape index (κ1) is 16.9. The fraction of sp³-hybridized carbons (Fsp3) is 0.211. The highest BCUT2D eigenvalue weighted by Gasteiger charge is 2.16. The highest BCUT2D eigenvalue weighted by molar-refractivity contribution is 5.94. The van der Waals surface area contributed by atoms with Gasteiger partial charge in [-0.1, -0.05) is 35.5 Å². The van der Waals surface area contributed by atoms with E-state index >= 15 is 0 Å². The molecule has 0 atom stereocenters. The Bertz CT molecular complexity index is 829. The Hall–Kier alpha value is -2.99. The summed E-state index contributed by atoms with van der Waals surface area (Å²) in [5, 5.41) is 13.0. The number of rotatable bonds is 6. The van der Waals surface area contributed by atoms with Crippen molar-refractivity contribution in [3.05, 3.63) is 71.5 Å². The van der Waals surface area contributed by atoms with Gasteiger partial charge in [0, 0.05) is 24.2 Å². The number of nitrogens with zero attached hydrogens (tertiary/aromatic N) is 3. The Morgan fingerprint density at radius 3 is 2.44 bits per heavy atom. The van der Waals surface area contributed by atoms with Gasteiger partial charge in [0.25, 0.3) is 11.8 Å². The first-order valence-corrected chi connectivity index (χ1v) is 8.02. The summed E-state index contributed by atoms with van der Waals surface area (Å²) in [7, 11) is 0. The number of aryl methyl sites for hydroxylation is 1. The smallest absolute Gasteiger partial charge is 0.257 e. The summed E-state index contributed by atoms with van der Waals surface area (Å²) in [6.07, 6.45) is 0. The third-order valence-electron chi connectivity index (χ3n) is 3.78. The second kappa shape index (κ2) is 7.72. The Morgan fingerprint density at radius 2 is 1.84 bits per heavy atom. The second-order valence-corrected chi connectivity index (χ2v) is 5.66. The maximum Gasteiger partial charge on any atom is 0.257 e. The average molecular weight is 337 g/mol. The molecule has 0 aliphatic heterocycles. The number of aromatic nitrogens is 2. The van der Waals surface area contributed by atoms with Gasteiger partial charge in [-0.3, -0.25) is 4.79 Å². The molecule has 0 saturated carbocycles. The molecule has 25 heavy (non-hydrogen) atoms. The van der Waals surface area contributed by atoms with E-state index in [1.807, 2.05) is 30.3 Å². The van der Waals surface area contributed by atoms with Gasteiger partial charge in [-0.15, -0.1) is 0 Å². The van der Waals surface area contributed by atoms with Crippen LogP contribution in [0.4, 0.5) is 0 Å². The van der Waals surface area contributed by atoms with E-state index in [0.29, 0.717) is 23.8 Å². The maximum absolute atomic E-state index is 12.8. The molecule has 1 aromatic heterocycles. The van der Waals surface area contributed by atoms with Crippen molar-refractivity contribution in [3.63, 3.8) is 0 Å². The van der Waals surface area contributed by atoms with E-state index < -0.39 is 0 Å². The predicted molar refractivity (Wildman–Crippen MR) is 92.7 cm³/mol. The molecule has 0 saturated heterocycles. The predicted octanol–water partition coefficient (Wildman–Crippen LogP) is 2.68. The number of hydrogen-bond acceptors (Lipinski definition) is 5. The second-order valence-electron chi connectivity index (χ2n) is 5.66. The average Bonchev–Trinajstić information content (AvgIpc) is 3.08. The van der Waals surface area contributed by atoms with Gasteiger partial charge in [0.15, 0.2) is 5.82 Å². The Labute approximate surface area is 145 Å². The summed E-state index contributed by atoms with van der Waals surface area (Å²) >= 11 is 0. The van der Waals surface area contributed by atoms with Crippen molar-refractivity contribution < 1.29 is 14.4 Å². The van der Waals surface area contributed by atoms with Crippen molar-refractivity contribution in [1.82, 2.24) is 15.0 Å². The van der Waals surface area contributed by atoms with Crippen molar-refractivity contribution in [2.75, 3.05) is 13.2 Å². The minimum absolute atomic E-state index is 0.0854. The lowest BCUT2D eigenvalue weighted by Crippen LogP contribution is -2.33. The number of benzene rings is 2. The van der Waals surface area contributed by atoms with Crippen LogP contribution in [0.2, 0.25) is 0 Å². The highest BCUT2D eigenvalue weighted by atomic mass is 16.5. The minimum Gasteiger partial charge on any atom is -0.395 e. The van der Waals surface area contributed by atoms with Gasteiger partial charge in [0.05, 0.1) is 6.61 Å². The zero-order valence-corrected chi connectivity index (χ0v) is 13.9. The summed E-state index contributed by atoms with van der Waals surface area (Å²) in [6.45, 7) is 2.39. The molecule has 6 heteroatoms. The minimum atomic E-state index is -0.133. The molecule has 6 nitrogen and oxygen atoms in total. The molecule has 0 fully saturated rings. The summed E-state index contributed by atoms with van der Waals surface area (Å²) in [5.41, 5.74) is 2.32. The first-order valence-electron chi connectivity index (χ1n) is 8.02. The summed E-state index contributed by atoms with van der Waals surface area (Å²) in [5.74, 6) is 0.853. The number of aliphatic hydroxyl groups is 1. The molecule has 128 valence electrons. The van der Waals surface area contributed by atoms with E-state index in [2.05, 4.69) is 10.1 Å². The van der Waals surface area contributed by atoms with E-state index in [0.717, 1.165) is 11.1 Å². The third kappa shape index (κ3) is 4.10. The molecule has 1 N–H and O–H groups in total. The molecule has 3 rings (SSSR count). The number of amides is 1. The van der Waals surface area contributed by atoms with Crippen LogP contribution in [0, 0.1) is 6.92 Å². The van der Waals surface area contributed by atoms with Crippen LogP contribution in [0.3, 0.4) is 0 Å². The molecule has 3 aromatic rings. The van der Waals surface area contributed by atoms with Gasteiger partial charge >= 0.3 is 0 Å². The van der Waals surface area contributed by atoms with Gasteiger partial charge in [0.1, 0.15) is 0 Å². The molecule has 0 bridgehead atoms. The summed E-state index contributed by atoms with van der Waals surface area (Å²) < 4.78 is 5.13. The SMILES string of the molecule is Cc1noc(-c2ccc(C(=O)N(CCO)Cc3ccccc3)cc2)n1. The monoisotopic (exact) mass is 337 g/mol. The van der Waals surface area contributed by atoms with Crippen LogP contribution in [0.15, 0.2) is 59.1 Å². The van der Waals surface area contributed by atoms with Crippen LogP contribution in [0.1, 0.15) is 21.7 Å². The standard InChI is InChI=1S/C19H19N3O3/c1-14-20-18(25-21-14)16-7-9-17(10-8-16)19(24)22(11-12-23)13-15-5-3-2-4-6-15/h2-10,23H,11-13H2,1H3. The zero-order valence-electron chi connectivity index (χ0n) is 13.9. The largest absolute Gasteiger partial charge is 0.395 e. The molecule has 0 aliphatic carbocycles. The van der Waals surface area contributed by atoms with E-state index in [4.69, 9.17) is 4.52 Å². The lowest BCUT2D eigenvalue weighted by Gasteiger charge is -2.22. The normalized spacial score (nSPS) is 10.6. The molecule has 0 aliphatic rings. The molecule has 0 spiro atoms. The number of hydrogen-bond donors (Lipinski definition) is 1. The van der Waals surface area contributed by atoms with Crippen LogP contribution in [-0.4, -0.2) is 39.2 Å². The van der Waals surface area contributed by atoms with Crippen molar-refractivity contribution in [2.45, 2.75) is 13.5 Å². The van der Waals surface area contributed by atoms with Crippen LogP contribution >= 0.6 is 0 Å². The maximum atomic E-state index is 12.8. The van der Waals surface area contributed by atoms with Crippen molar-refractivity contribution in [3.8, 4) is 11.5 Å². The molecule has 0 radical (unpaired) electrons. The fourth-order valence-electron chi connectivity index (χ4n) is 2.53. The Kier molecular flexibility index (Phi) is 5.20. The molecular weight excluding hydrogens is 318 g/mol. The zero-order chi connectivity index (χ0) is 17.6. The quantitative estimate of drug-likeness (QED) is 0.748. The Morgan fingerprint density at radius 1 is 1.12 bits per heavy atom. The van der Waals surface area contributed by atoms with Crippen LogP contribution in [0.25, 0.3) is 11.5 Å². The number of carbonyl (C=O) groups excluding carboxylic acids is 1. The molecule has 1 amide bonds. The highest BCUT2D eigenvalue weighted by Crippen LogP contribution is 2.19. The van der Waals surface area contributed by atoms with Crippen LogP contribution in [0.5, 0.6) is 0 Å². The lowest BCUT2D eigenvalue weighted by molar-refractivity contribution is 0.0708. The number of carbonyl (C=O) groups is 1. The van der Waals surface area contributed by atoms with Gasteiger partial charge < -0.3 is 14.5 Å². The van der Waals surface area contributed by atoms with Gasteiger partial charge in [-0.05, 0) is 36.8 Å². The topological polar surface area (TPSA) is 79.5 Å². The molecule has 0 unspecified atom stereocenters. The van der Waals surface area contributed by atoms with Crippen LogP contribution < -0.4 is 0 Å². The van der Waals surface area contributed by atoms with Gasteiger partial charge in [-0.2, -0.15) is 4.98 Å². The van der Waals surface area contributed by atoms with Crippen LogP contribution in [-0.2, 0) is 6.54 Å². The van der Waals surface area contributed by atoms with E-state index in [1.54, 1.807) is 36.1 Å². The van der Waals surface area contributed by atoms with Crippen molar-refractivity contribution in [1.29, 1.82) is 0 Å². The summed E-state index contributed by atoms with van der Waals surface area (Å²) in [6, 6.07) is 16.7. The number of aliphatic hydroxyl groups excluding tert-OH is 1. The Balaban J connectivity index is 1.77. The van der Waals surface area contributed by atoms with E-state index in [-0.39, 0.29) is 19.1 Å². The molecule has 1 heterocycles. The van der Waals surface area contributed by atoms with E-state index in [9.17, 15) is 9.90 Å². The fourth-order valence-corrected chi connectivity index (χ4v) is 2.53. The summed E-state index contributed by atoms with van der Waals surface area (Å²) in [4.78, 5) is 18.6. The van der Waals surface area contributed by atoms with E-state index in [1.165, 1.54) is 0 Å². The first-order chi connectivity index (χ1) is 12.2. The lowest BCUT2D eigenvalue weighted by atomic mass is 10.1. The van der Waals surface area contributed by atoms with Crippen molar-refractivity contribution in [2.24, 2.45) is 0 Å². The molecular formula is C19H19N3O3. The van der Waals surface area contributed by atoms with Crippen molar-refractivity contribution >= 4 is 5.91 Å². The van der Waals surface area contributed by atoms with Gasteiger partial charge in [-0.25, -0.2) is 0 Å². The molecule has 2 aromatic carbocycles. The third-order valence-corrected chi connectivity index (χ3v) is 3.78. The van der Waals surface area contributed by atoms with Gasteiger partial charge in [0.2, 0.25) is 0 Å².